The number of nitrogens with zero attached hydrogens (tertiary/aromatic N) is 3. The number of anilines is 2. The van der Waals surface area contributed by atoms with Crippen molar-refractivity contribution in [1.29, 1.82) is 0 Å². The predicted octanol–water partition coefficient (Wildman–Crippen LogP) is 4.66. The highest BCUT2D eigenvalue weighted by Crippen LogP contribution is 2.24. The summed E-state index contributed by atoms with van der Waals surface area (Å²) in [6.07, 6.45) is 1.01. The van der Waals surface area contributed by atoms with E-state index in [9.17, 15) is 17.6 Å². The van der Waals surface area contributed by atoms with Gasteiger partial charge in [0.25, 0.3) is 10.0 Å². The Hall–Kier alpha value is -4.05. The number of rotatable bonds is 9. The van der Waals surface area contributed by atoms with Gasteiger partial charge in [0.15, 0.2) is 0 Å². The van der Waals surface area contributed by atoms with Crippen LogP contribution in [0.15, 0.2) is 88.3 Å². The number of hydrogen-bond acceptors (Lipinski definition) is 6. The first kappa shape index (κ1) is 24.1. The predicted molar refractivity (Wildman–Crippen MR) is 130 cm³/mol. The minimum Gasteiger partial charge on any atom is -0.339 e. The van der Waals surface area contributed by atoms with Crippen LogP contribution in [0.4, 0.5) is 15.8 Å². The molecule has 10 heteroatoms. The maximum absolute atomic E-state index is 13.1. The van der Waals surface area contributed by atoms with E-state index in [0.717, 1.165) is 0 Å². The lowest BCUT2D eigenvalue weighted by Crippen LogP contribution is -2.26. The third-order valence-corrected chi connectivity index (χ3v) is 7.04. The van der Waals surface area contributed by atoms with Crippen LogP contribution in [-0.4, -0.2) is 31.5 Å². The number of carbonyl (C=O) groups excluding carboxylic acids is 1. The van der Waals surface area contributed by atoms with Crippen molar-refractivity contribution in [3.05, 3.63) is 90.6 Å². The average molecular weight is 495 g/mol. The van der Waals surface area contributed by atoms with E-state index in [0.29, 0.717) is 41.5 Å². The molecule has 0 aliphatic heterocycles. The van der Waals surface area contributed by atoms with Crippen LogP contribution in [-0.2, 0) is 21.2 Å². The molecule has 0 radical (unpaired) electrons. The van der Waals surface area contributed by atoms with Crippen molar-refractivity contribution in [1.82, 2.24) is 10.1 Å². The van der Waals surface area contributed by atoms with Crippen LogP contribution in [0, 0.1) is 5.82 Å². The first-order valence-electron chi connectivity index (χ1n) is 10.9. The van der Waals surface area contributed by atoms with Crippen LogP contribution in [0.25, 0.3) is 11.4 Å². The Bertz CT molecular complexity index is 1410. The van der Waals surface area contributed by atoms with Crippen molar-refractivity contribution in [3.8, 4) is 11.4 Å². The van der Waals surface area contributed by atoms with Crippen molar-refractivity contribution in [2.75, 3.05) is 16.7 Å². The monoisotopic (exact) mass is 494 g/mol. The number of carbonyl (C=O) groups is 1. The first-order chi connectivity index (χ1) is 16.8. The number of para-hydroxylation sites is 1. The molecule has 0 saturated heterocycles. The number of amides is 1. The molecular formula is C25H23FN4O4S. The molecule has 3 aromatic carbocycles. The van der Waals surface area contributed by atoms with E-state index < -0.39 is 10.0 Å². The Morgan fingerprint density at radius 3 is 2.51 bits per heavy atom. The Morgan fingerprint density at radius 2 is 1.77 bits per heavy atom. The number of benzene rings is 3. The van der Waals surface area contributed by atoms with Crippen LogP contribution in [0.2, 0.25) is 0 Å². The molecule has 180 valence electrons. The van der Waals surface area contributed by atoms with E-state index in [4.69, 9.17) is 4.52 Å². The Kier molecular flexibility index (Phi) is 7.21. The van der Waals surface area contributed by atoms with Crippen molar-refractivity contribution < 1.29 is 22.1 Å². The summed E-state index contributed by atoms with van der Waals surface area (Å²) >= 11 is 0. The smallest absolute Gasteiger partial charge is 0.264 e. The van der Waals surface area contributed by atoms with Gasteiger partial charge in [0.2, 0.25) is 17.6 Å². The zero-order valence-corrected chi connectivity index (χ0v) is 19.7. The summed E-state index contributed by atoms with van der Waals surface area (Å²) in [6.45, 7) is 0. The van der Waals surface area contributed by atoms with Gasteiger partial charge in [-0.15, -0.1) is 0 Å². The lowest BCUT2D eigenvalue weighted by molar-refractivity contribution is -0.116. The molecule has 0 fully saturated rings. The van der Waals surface area contributed by atoms with Crippen molar-refractivity contribution >= 4 is 27.3 Å². The molecule has 1 heterocycles. The number of halogens is 1. The zero-order chi connectivity index (χ0) is 24.8. The van der Waals surface area contributed by atoms with Gasteiger partial charge in [-0.25, -0.2) is 12.8 Å². The van der Waals surface area contributed by atoms with Crippen molar-refractivity contribution in [3.63, 3.8) is 0 Å². The van der Waals surface area contributed by atoms with Gasteiger partial charge >= 0.3 is 0 Å². The molecule has 0 aliphatic rings. The molecule has 0 spiro atoms. The zero-order valence-electron chi connectivity index (χ0n) is 18.9. The number of nitrogens with one attached hydrogen (secondary N) is 1. The van der Waals surface area contributed by atoms with Crippen LogP contribution >= 0.6 is 0 Å². The second-order valence-corrected chi connectivity index (χ2v) is 9.73. The fourth-order valence-corrected chi connectivity index (χ4v) is 4.61. The topological polar surface area (TPSA) is 105 Å². The van der Waals surface area contributed by atoms with Gasteiger partial charge in [-0.3, -0.25) is 9.10 Å². The Labute approximate surface area is 202 Å². The van der Waals surface area contributed by atoms with Gasteiger partial charge in [-0.2, -0.15) is 4.98 Å². The second kappa shape index (κ2) is 10.5. The lowest BCUT2D eigenvalue weighted by atomic mass is 10.2. The molecule has 1 N–H and O–H groups in total. The summed E-state index contributed by atoms with van der Waals surface area (Å²) in [5.41, 5.74) is 1.55. The molecule has 0 unspecified atom stereocenters. The summed E-state index contributed by atoms with van der Waals surface area (Å²) in [6, 6.07) is 20.6. The number of aromatic nitrogens is 2. The number of aryl methyl sites for hydroxylation is 1. The minimum atomic E-state index is -3.79. The van der Waals surface area contributed by atoms with Gasteiger partial charge < -0.3 is 9.84 Å². The molecule has 35 heavy (non-hydrogen) atoms. The lowest BCUT2D eigenvalue weighted by Gasteiger charge is -2.19. The maximum atomic E-state index is 13.1. The average Bonchev–Trinajstić information content (AvgIpc) is 3.33. The third kappa shape index (κ3) is 5.90. The molecular weight excluding hydrogens is 471 g/mol. The van der Waals surface area contributed by atoms with Crippen molar-refractivity contribution in [2.24, 2.45) is 0 Å². The quantitative estimate of drug-likeness (QED) is 0.363. The van der Waals surface area contributed by atoms with Crippen LogP contribution in [0.1, 0.15) is 18.7 Å². The molecule has 0 atom stereocenters. The SMILES string of the molecule is CN(c1ccccc1)S(=O)(=O)c1cccc(NC(=O)CCCc2nc(-c3ccc(F)cc3)no2)c1. The molecule has 1 amide bonds. The highest BCUT2D eigenvalue weighted by molar-refractivity contribution is 7.92. The molecule has 0 aliphatic carbocycles. The van der Waals surface area contributed by atoms with Crippen LogP contribution in [0.3, 0.4) is 0 Å². The fourth-order valence-electron chi connectivity index (χ4n) is 3.37. The van der Waals surface area contributed by atoms with Crippen LogP contribution < -0.4 is 9.62 Å². The Balaban J connectivity index is 1.33. The van der Waals surface area contributed by atoms with Gasteiger partial charge in [0.05, 0.1) is 10.6 Å². The summed E-state index contributed by atoms with van der Waals surface area (Å²) in [5, 5.41) is 6.61. The second-order valence-electron chi connectivity index (χ2n) is 7.76. The van der Waals surface area contributed by atoms with Gasteiger partial charge in [0, 0.05) is 31.1 Å². The normalized spacial score (nSPS) is 11.3. The van der Waals surface area contributed by atoms with E-state index in [1.807, 2.05) is 6.07 Å². The van der Waals surface area contributed by atoms with Gasteiger partial charge in [0.1, 0.15) is 5.82 Å². The van der Waals surface area contributed by atoms with E-state index >= 15 is 0 Å². The van der Waals surface area contributed by atoms with E-state index in [1.165, 1.54) is 35.6 Å². The van der Waals surface area contributed by atoms with E-state index in [2.05, 4.69) is 15.5 Å². The summed E-state index contributed by atoms with van der Waals surface area (Å²) in [5.74, 6) is 0.0983. The third-order valence-electron chi connectivity index (χ3n) is 5.26. The molecule has 1 aromatic heterocycles. The number of hydrogen-bond donors (Lipinski definition) is 1. The van der Waals surface area contributed by atoms with Gasteiger partial charge in [-0.1, -0.05) is 29.4 Å². The highest BCUT2D eigenvalue weighted by Gasteiger charge is 2.21. The number of sulfonamides is 1. The van der Waals surface area contributed by atoms with Crippen LogP contribution in [0.5, 0.6) is 0 Å². The molecule has 4 rings (SSSR count). The Morgan fingerprint density at radius 1 is 1.03 bits per heavy atom. The minimum absolute atomic E-state index is 0.0702. The van der Waals surface area contributed by atoms with Crippen molar-refractivity contribution in [2.45, 2.75) is 24.2 Å². The summed E-state index contributed by atoms with van der Waals surface area (Å²) < 4.78 is 45.4. The first-order valence-corrected chi connectivity index (χ1v) is 12.3. The molecule has 4 aromatic rings. The summed E-state index contributed by atoms with van der Waals surface area (Å²) in [7, 11) is -2.31. The molecule has 0 saturated carbocycles. The van der Waals surface area contributed by atoms with E-state index in [1.54, 1.807) is 48.5 Å². The maximum Gasteiger partial charge on any atom is 0.264 e. The molecule has 0 bridgehead atoms. The van der Waals surface area contributed by atoms with E-state index in [-0.39, 0.29) is 23.0 Å². The largest absolute Gasteiger partial charge is 0.339 e. The highest BCUT2D eigenvalue weighted by atomic mass is 32.2. The fraction of sp³-hybridized carbons (Fsp3) is 0.160. The molecule has 8 nitrogen and oxygen atoms in total. The van der Waals surface area contributed by atoms with Gasteiger partial charge in [-0.05, 0) is 61.0 Å². The summed E-state index contributed by atoms with van der Waals surface area (Å²) in [4.78, 5) is 16.7. The standard InChI is InChI=1S/C25H23FN4O4S/c1-30(21-8-3-2-4-9-21)35(32,33)22-10-5-7-20(17-22)27-23(31)11-6-12-24-28-25(29-34-24)18-13-15-19(26)16-14-18/h2-5,7-10,13-17H,6,11-12H2,1H3,(H,27,31).